The van der Waals surface area contributed by atoms with E-state index in [1.807, 2.05) is 0 Å². The van der Waals surface area contributed by atoms with E-state index in [0.29, 0.717) is 13.0 Å². The molecule has 2 rings (SSSR count). The van der Waals surface area contributed by atoms with E-state index >= 15 is 0 Å². The predicted molar refractivity (Wildman–Crippen MR) is 73.6 cm³/mol. The van der Waals surface area contributed by atoms with Gasteiger partial charge in [-0.15, -0.1) is 0 Å². The molecule has 6 heteroatoms. The summed E-state index contributed by atoms with van der Waals surface area (Å²) in [5.41, 5.74) is -0.567. The van der Waals surface area contributed by atoms with Crippen LogP contribution in [0.4, 0.5) is 0 Å². The third-order valence-corrected chi connectivity index (χ3v) is 3.18. The molecule has 20 heavy (non-hydrogen) atoms. The van der Waals surface area contributed by atoms with Crippen molar-refractivity contribution in [1.82, 2.24) is 4.90 Å². The van der Waals surface area contributed by atoms with E-state index in [2.05, 4.69) is 0 Å². The Hall–Kier alpha value is -1.49. The highest BCUT2D eigenvalue weighted by atomic mass is 35.5. The Morgan fingerprint density at radius 3 is 2.65 bits per heavy atom. The lowest BCUT2D eigenvalue weighted by Crippen LogP contribution is -2.43. The van der Waals surface area contributed by atoms with Gasteiger partial charge in [0.2, 0.25) is 0 Å². The number of halogens is 1. The molecule has 0 spiro atoms. The SMILES string of the molecule is CC(C)(C)OC(=O)[C@H]1CCCN1C(=O)c1ccc(Cl)o1. The third kappa shape index (κ3) is 3.33. The minimum Gasteiger partial charge on any atom is -0.458 e. The van der Waals surface area contributed by atoms with Crippen LogP contribution >= 0.6 is 11.6 Å². The highest BCUT2D eigenvalue weighted by molar-refractivity contribution is 6.29. The van der Waals surface area contributed by atoms with Crippen LogP contribution < -0.4 is 0 Å². The molecule has 0 bridgehead atoms. The standard InChI is InChI=1S/C14H18ClNO4/c1-14(2,3)20-13(18)9-5-4-8-16(9)12(17)10-6-7-11(15)19-10/h6-7,9H,4-5,8H2,1-3H3/t9-/m1/s1. The van der Waals surface area contributed by atoms with Gasteiger partial charge in [-0.05, 0) is 57.3 Å². The number of nitrogens with zero attached hydrogens (tertiary/aromatic N) is 1. The second-order valence-corrected chi connectivity index (χ2v) is 6.17. The summed E-state index contributed by atoms with van der Waals surface area (Å²) in [7, 11) is 0. The lowest BCUT2D eigenvalue weighted by atomic mass is 10.1. The van der Waals surface area contributed by atoms with Gasteiger partial charge in [0.15, 0.2) is 11.0 Å². The van der Waals surface area contributed by atoms with E-state index in [1.54, 1.807) is 20.8 Å². The second kappa shape index (κ2) is 5.48. The smallest absolute Gasteiger partial charge is 0.329 e. The Morgan fingerprint density at radius 2 is 2.10 bits per heavy atom. The highest BCUT2D eigenvalue weighted by Gasteiger charge is 2.38. The van der Waals surface area contributed by atoms with Crippen molar-refractivity contribution < 1.29 is 18.7 Å². The fourth-order valence-electron chi connectivity index (χ4n) is 2.20. The Balaban J connectivity index is 2.11. The molecule has 0 aromatic carbocycles. The van der Waals surface area contributed by atoms with Crippen LogP contribution in [-0.2, 0) is 9.53 Å². The maximum absolute atomic E-state index is 12.3. The Kier molecular flexibility index (Phi) is 4.09. The predicted octanol–water partition coefficient (Wildman–Crippen LogP) is 2.88. The average Bonchev–Trinajstić information content (AvgIpc) is 2.93. The van der Waals surface area contributed by atoms with Gasteiger partial charge in [0.05, 0.1) is 0 Å². The zero-order chi connectivity index (χ0) is 14.9. The van der Waals surface area contributed by atoms with Crippen LogP contribution in [0.15, 0.2) is 16.5 Å². The number of rotatable bonds is 2. The topological polar surface area (TPSA) is 59.8 Å². The van der Waals surface area contributed by atoms with Crippen LogP contribution in [-0.4, -0.2) is 35.0 Å². The van der Waals surface area contributed by atoms with Gasteiger partial charge in [-0.25, -0.2) is 4.79 Å². The Bertz CT molecular complexity index is 517. The van der Waals surface area contributed by atoms with Gasteiger partial charge >= 0.3 is 5.97 Å². The van der Waals surface area contributed by atoms with Gasteiger partial charge in [0, 0.05) is 6.54 Å². The van der Waals surface area contributed by atoms with Crippen molar-refractivity contribution in [2.45, 2.75) is 45.3 Å². The molecule has 0 saturated carbocycles. The van der Waals surface area contributed by atoms with E-state index in [4.69, 9.17) is 20.8 Å². The first kappa shape index (κ1) is 14.9. The summed E-state index contributed by atoms with van der Waals surface area (Å²) < 4.78 is 10.5. The van der Waals surface area contributed by atoms with Crippen molar-refractivity contribution >= 4 is 23.5 Å². The van der Waals surface area contributed by atoms with E-state index in [9.17, 15) is 9.59 Å². The molecule has 0 aliphatic carbocycles. The molecule has 1 saturated heterocycles. The van der Waals surface area contributed by atoms with Crippen molar-refractivity contribution in [3.05, 3.63) is 23.1 Å². The quantitative estimate of drug-likeness (QED) is 0.788. The molecule has 1 aromatic rings. The average molecular weight is 300 g/mol. The zero-order valence-electron chi connectivity index (χ0n) is 11.8. The second-order valence-electron chi connectivity index (χ2n) is 5.79. The largest absolute Gasteiger partial charge is 0.458 e. The number of hydrogen-bond donors (Lipinski definition) is 0. The Labute approximate surface area is 122 Å². The van der Waals surface area contributed by atoms with E-state index in [0.717, 1.165) is 6.42 Å². The molecule has 1 aliphatic heterocycles. The number of esters is 1. The van der Waals surface area contributed by atoms with E-state index < -0.39 is 11.6 Å². The summed E-state index contributed by atoms with van der Waals surface area (Å²) in [5.74, 6) is -0.559. The summed E-state index contributed by atoms with van der Waals surface area (Å²) in [6.45, 7) is 5.93. The molecule has 1 aliphatic rings. The summed E-state index contributed by atoms with van der Waals surface area (Å²) in [5, 5.41) is 0.154. The summed E-state index contributed by atoms with van der Waals surface area (Å²) in [6, 6.07) is 2.47. The van der Waals surface area contributed by atoms with Crippen LogP contribution in [0.3, 0.4) is 0 Å². The molecular formula is C14H18ClNO4. The van der Waals surface area contributed by atoms with Gasteiger partial charge in [-0.3, -0.25) is 4.79 Å². The molecule has 0 radical (unpaired) electrons. The lowest BCUT2D eigenvalue weighted by molar-refractivity contribution is -0.159. The molecule has 0 unspecified atom stereocenters. The highest BCUT2D eigenvalue weighted by Crippen LogP contribution is 2.24. The number of hydrogen-bond acceptors (Lipinski definition) is 4. The van der Waals surface area contributed by atoms with Gasteiger partial charge in [-0.1, -0.05) is 0 Å². The summed E-state index contributed by atoms with van der Waals surface area (Å²) in [6.07, 6.45) is 1.37. The number of carbonyl (C=O) groups excluding carboxylic acids is 2. The van der Waals surface area contributed by atoms with E-state index in [-0.39, 0.29) is 22.9 Å². The van der Waals surface area contributed by atoms with Crippen molar-refractivity contribution in [2.24, 2.45) is 0 Å². The van der Waals surface area contributed by atoms with E-state index in [1.165, 1.54) is 17.0 Å². The van der Waals surface area contributed by atoms with Crippen molar-refractivity contribution in [1.29, 1.82) is 0 Å². The van der Waals surface area contributed by atoms with Crippen LogP contribution in [0.2, 0.25) is 5.22 Å². The van der Waals surface area contributed by atoms with Gasteiger partial charge < -0.3 is 14.1 Å². The van der Waals surface area contributed by atoms with Gasteiger partial charge in [0.25, 0.3) is 5.91 Å². The minimum absolute atomic E-state index is 0.144. The molecule has 0 N–H and O–H groups in total. The van der Waals surface area contributed by atoms with Crippen molar-refractivity contribution in [3.8, 4) is 0 Å². The number of furan rings is 1. The number of likely N-dealkylation sites (tertiary alicyclic amines) is 1. The minimum atomic E-state index is -0.567. The molecule has 1 aromatic heterocycles. The first-order chi connectivity index (χ1) is 9.28. The normalized spacial score (nSPS) is 19.2. The molecule has 1 fully saturated rings. The molecular weight excluding hydrogens is 282 g/mol. The first-order valence-electron chi connectivity index (χ1n) is 6.57. The van der Waals surface area contributed by atoms with Crippen LogP contribution in [0.25, 0.3) is 0 Å². The fourth-order valence-corrected chi connectivity index (χ4v) is 2.34. The molecule has 2 heterocycles. The molecule has 5 nitrogen and oxygen atoms in total. The number of amides is 1. The summed E-state index contributed by atoms with van der Waals surface area (Å²) >= 11 is 5.67. The third-order valence-electron chi connectivity index (χ3n) is 2.98. The lowest BCUT2D eigenvalue weighted by Gasteiger charge is -2.26. The molecule has 110 valence electrons. The molecule has 1 amide bonds. The maximum Gasteiger partial charge on any atom is 0.329 e. The van der Waals surface area contributed by atoms with Crippen LogP contribution in [0, 0.1) is 0 Å². The van der Waals surface area contributed by atoms with Crippen molar-refractivity contribution in [3.63, 3.8) is 0 Å². The van der Waals surface area contributed by atoms with Gasteiger partial charge in [0.1, 0.15) is 11.6 Å². The summed E-state index contributed by atoms with van der Waals surface area (Å²) in [4.78, 5) is 25.9. The number of ether oxygens (including phenoxy) is 1. The maximum atomic E-state index is 12.3. The Morgan fingerprint density at radius 1 is 1.40 bits per heavy atom. The van der Waals surface area contributed by atoms with Crippen LogP contribution in [0.5, 0.6) is 0 Å². The van der Waals surface area contributed by atoms with Gasteiger partial charge in [-0.2, -0.15) is 0 Å². The first-order valence-corrected chi connectivity index (χ1v) is 6.95. The molecule has 1 atom stereocenters. The van der Waals surface area contributed by atoms with Crippen molar-refractivity contribution in [2.75, 3.05) is 6.54 Å². The number of carbonyl (C=O) groups is 2. The van der Waals surface area contributed by atoms with Crippen LogP contribution in [0.1, 0.15) is 44.2 Å². The fraction of sp³-hybridized carbons (Fsp3) is 0.571. The monoisotopic (exact) mass is 299 g/mol. The zero-order valence-corrected chi connectivity index (χ0v) is 12.6.